The summed E-state index contributed by atoms with van der Waals surface area (Å²) in [5.41, 5.74) is 5.36. The SMILES string of the molecule is CCCCCCCCNc1nc(NCCOCCOCCN)nc(OC(C)C)n1. The summed E-state index contributed by atoms with van der Waals surface area (Å²) in [6.45, 7) is 10.2. The van der Waals surface area contributed by atoms with Gasteiger partial charge >= 0.3 is 6.01 Å². The number of nitrogens with zero attached hydrogens (tertiary/aromatic N) is 3. The molecule has 0 atom stereocenters. The van der Waals surface area contributed by atoms with Gasteiger partial charge in [0.1, 0.15) is 0 Å². The van der Waals surface area contributed by atoms with Crippen LogP contribution in [0, 0.1) is 0 Å². The van der Waals surface area contributed by atoms with E-state index in [9.17, 15) is 0 Å². The van der Waals surface area contributed by atoms with Gasteiger partial charge in [-0.25, -0.2) is 0 Å². The van der Waals surface area contributed by atoms with Crippen LogP contribution in [0.3, 0.4) is 0 Å². The molecule has 0 saturated heterocycles. The van der Waals surface area contributed by atoms with Crippen LogP contribution in [0.25, 0.3) is 0 Å². The second-order valence-corrected chi connectivity index (χ2v) is 7.07. The van der Waals surface area contributed by atoms with Crippen molar-refractivity contribution < 1.29 is 14.2 Å². The first-order valence-electron chi connectivity index (χ1n) is 10.9. The number of nitrogens with one attached hydrogen (secondary N) is 2. The lowest BCUT2D eigenvalue weighted by Crippen LogP contribution is -2.17. The number of unbranched alkanes of at least 4 members (excludes halogenated alkanes) is 5. The highest BCUT2D eigenvalue weighted by Gasteiger charge is 2.09. The zero-order valence-corrected chi connectivity index (χ0v) is 18.4. The van der Waals surface area contributed by atoms with Crippen molar-refractivity contribution in [3.05, 3.63) is 0 Å². The number of rotatable bonds is 19. The summed E-state index contributed by atoms with van der Waals surface area (Å²) < 4.78 is 16.4. The molecule has 1 aromatic heterocycles. The number of nitrogens with two attached hydrogens (primary N) is 1. The summed E-state index contributed by atoms with van der Waals surface area (Å²) in [5, 5.41) is 6.44. The molecule has 168 valence electrons. The molecule has 29 heavy (non-hydrogen) atoms. The molecule has 0 bridgehead atoms. The molecule has 0 saturated carbocycles. The van der Waals surface area contributed by atoms with E-state index in [0.717, 1.165) is 13.0 Å². The molecule has 0 aliphatic heterocycles. The molecule has 9 heteroatoms. The quantitative estimate of drug-likeness (QED) is 0.295. The largest absolute Gasteiger partial charge is 0.461 e. The van der Waals surface area contributed by atoms with Crippen LogP contribution in [0.2, 0.25) is 0 Å². The van der Waals surface area contributed by atoms with Gasteiger partial charge in [0.2, 0.25) is 11.9 Å². The zero-order chi connectivity index (χ0) is 21.2. The van der Waals surface area contributed by atoms with Crippen molar-refractivity contribution in [1.29, 1.82) is 0 Å². The second kappa shape index (κ2) is 17.2. The van der Waals surface area contributed by atoms with E-state index in [1.807, 2.05) is 13.8 Å². The smallest absolute Gasteiger partial charge is 0.323 e. The summed E-state index contributed by atoms with van der Waals surface area (Å²) in [4.78, 5) is 13.1. The van der Waals surface area contributed by atoms with Crippen LogP contribution in [0.5, 0.6) is 6.01 Å². The monoisotopic (exact) mass is 412 g/mol. The summed E-state index contributed by atoms with van der Waals surface area (Å²) >= 11 is 0. The lowest BCUT2D eigenvalue weighted by atomic mass is 10.1. The van der Waals surface area contributed by atoms with E-state index in [1.54, 1.807) is 0 Å². The fourth-order valence-electron chi connectivity index (χ4n) is 2.52. The van der Waals surface area contributed by atoms with Crippen LogP contribution in [0.15, 0.2) is 0 Å². The molecular formula is C20H40N6O3. The predicted molar refractivity (Wildman–Crippen MR) is 117 cm³/mol. The number of hydrogen-bond acceptors (Lipinski definition) is 9. The van der Waals surface area contributed by atoms with E-state index in [1.165, 1.54) is 32.1 Å². The van der Waals surface area contributed by atoms with E-state index in [-0.39, 0.29) is 6.10 Å². The number of ether oxygens (including phenoxy) is 3. The molecule has 9 nitrogen and oxygen atoms in total. The fourth-order valence-corrected chi connectivity index (χ4v) is 2.52. The average Bonchev–Trinajstić information content (AvgIpc) is 2.69. The van der Waals surface area contributed by atoms with Crippen molar-refractivity contribution in [3.63, 3.8) is 0 Å². The third kappa shape index (κ3) is 14.0. The standard InChI is InChI=1S/C20H40N6O3/c1-4-5-6-7-8-9-11-22-18-24-19(26-20(25-18)29-17(2)3)23-12-14-28-16-15-27-13-10-21/h17H,4-16,21H2,1-3H3,(H2,22,23,24,25,26). The van der Waals surface area contributed by atoms with Gasteiger partial charge in [-0.2, -0.15) is 15.0 Å². The van der Waals surface area contributed by atoms with Crippen molar-refractivity contribution >= 4 is 11.9 Å². The van der Waals surface area contributed by atoms with Gasteiger partial charge in [0.05, 0.1) is 32.5 Å². The normalized spacial score (nSPS) is 11.1. The maximum absolute atomic E-state index is 5.65. The summed E-state index contributed by atoms with van der Waals surface area (Å²) in [5.74, 6) is 1.01. The van der Waals surface area contributed by atoms with Gasteiger partial charge in [-0.15, -0.1) is 0 Å². The van der Waals surface area contributed by atoms with Gasteiger partial charge in [0, 0.05) is 19.6 Å². The molecule has 0 unspecified atom stereocenters. The second-order valence-electron chi connectivity index (χ2n) is 7.07. The van der Waals surface area contributed by atoms with Gasteiger partial charge in [0.15, 0.2) is 0 Å². The Morgan fingerprint density at radius 1 is 0.793 bits per heavy atom. The topological polar surface area (TPSA) is 116 Å². The molecule has 0 amide bonds. The van der Waals surface area contributed by atoms with Crippen LogP contribution in [-0.2, 0) is 9.47 Å². The molecule has 0 aliphatic rings. The molecule has 0 aliphatic carbocycles. The Bertz CT molecular complexity index is 519. The minimum absolute atomic E-state index is 0.00600. The first kappa shape index (κ1) is 25.3. The highest BCUT2D eigenvalue weighted by atomic mass is 16.5. The Morgan fingerprint density at radius 3 is 2.07 bits per heavy atom. The Hall–Kier alpha value is -1.71. The van der Waals surface area contributed by atoms with Gasteiger partial charge < -0.3 is 30.6 Å². The Labute approximate surface area is 175 Å². The first-order chi connectivity index (χ1) is 14.2. The maximum Gasteiger partial charge on any atom is 0.323 e. The van der Waals surface area contributed by atoms with E-state index >= 15 is 0 Å². The van der Waals surface area contributed by atoms with E-state index in [0.29, 0.717) is 57.4 Å². The Balaban J connectivity index is 2.38. The van der Waals surface area contributed by atoms with Crippen molar-refractivity contribution in [3.8, 4) is 6.01 Å². The van der Waals surface area contributed by atoms with Crippen molar-refractivity contribution in [2.75, 3.05) is 56.7 Å². The molecule has 4 N–H and O–H groups in total. The van der Waals surface area contributed by atoms with E-state index < -0.39 is 0 Å². The number of anilines is 2. The summed E-state index contributed by atoms with van der Waals surface area (Å²) in [7, 11) is 0. The molecule has 0 radical (unpaired) electrons. The lowest BCUT2D eigenvalue weighted by molar-refractivity contribution is 0.0547. The van der Waals surface area contributed by atoms with Crippen LogP contribution in [-0.4, -0.2) is 67.1 Å². The Morgan fingerprint density at radius 2 is 1.41 bits per heavy atom. The third-order valence-electron chi connectivity index (χ3n) is 3.93. The highest BCUT2D eigenvalue weighted by Crippen LogP contribution is 2.13. The van der Waals surface area contributed by atoms with Crippen LogP contribution in [0.1, 0.15) is 59.3 Å². The van der Waals surface area contributed by atoms with E-state index in [4.69, 9.17) is 19.9 Å². The fraction of sp³-hybridized carbons (Fsp3) is 0.850. The minimum atomic E-state index is -0.00600. The number of hydrogen-bond donors (Lipinski definition) is 3. The average molecular weight is 413 g/mol. The molecule has 1 aromatic rings. The molecule has 1 heterocycles. The lowest BCUT2D eigenvalue weighted by Gasteiger charge is -2.12. The first-order valence-corrected chi connectivity index (χ1v) is 10.9. The maximum atomic E-state index is 5.65. The molecular weight excluding hydrogens is 372 g/mol. The summed E-state index contributed by atoms with van der Waals surface area (Å²) in [6, 6.07) is 0.319. The van der Waals surface area contributed by atoms with Gasteiger partial charge in [0.25, 0.3) is 0 Å². The Kier molecular flexibility index (Phi) is 15.0. The number of aromatic nitrogens is 3. The molecule has 1 rings (SSSR count). The minimum Gasteiger partial charge on any atom is -0.461 e. The molecule has 0 spiro atoms. The van der Waals surface area contributed by atoms with Crippen molar-refractivity contribution in [2.45, 2.75) is 65.4 Å². The molecule has 0 fully saturated rings. The zero-order valence-electron chi connectivity index (χ0n) is 18.4. The highest BCUT2D eigenvalue weighted by molar-refractivity contribution is 5.35. The van der Waals surface area contributed by atoms with E-state index in [2.05, 4.69) is 32.5 Å². The van der Waals surface area contributed by atoms with Crippen LogP contribution < -0.4 is 21.1 Å². The molecule has 0 aromatic carbocycles. The third-order valence-corrected chi connectivity index (χ3v) is 3.93. The predicted octanol–water partition coefficient (Wildman–Crippen LogP) is 2.84. The van der Waals surface area contributed by atoms with Gasteiger partial charge in [-0.3, -0.25) is 0 Å². The van der Waals surface area contributed by atoms with Crippen molar-refractivity contribution in [1.82, 2.24) is 15.0 Å². The van der Waals surface area contributed by atoms with Gasteiger partial charge in [-0.05, 0) is 20.3 Å². The van der Waals surface area contributed by atoms with Gasteiger partial charge in [-0.1, -0.05) is 39.0 Å². The van der Waals surface area contributed by atoms with Crippen LogP contribution >= 0.6 is 0 Å². The van der Waals surface area contributed by atoms with Crippen molar-refractivity contribution in [2.24, 2.45) is 5.73 Å². The van der Waals surface area contributed by atoms with Crippen LogP contribution in [0.4, 0.5) is 11.9 Å². The summed E-state index contributed by atoms with van der Waals surface area (Å²) in [6.07, 6.45) is 7.47.